The van der Waals surface area contributed by atoms with E-state index in [1.54, 1.807) is 213 Å². The van der Waals surface area contributed by atoms with Crippen molar-refractivity contribution in [2.24, 2.45) is 0 Å². The lowest BCUT2D eigenvalue weighted by Gasteiger charge is -2.14. The largest absolute Gasteiger partial charge is 0.461 e. The fourth-order valence-corrected chi connectivity index (χ4v) is 259. The lowest BCUT2D eigenvalue weighted by Crippen LogP contribution is -2.15. The van der Waals surface area contributed by atoms with E-state index < -0.39 is 0 Å². The van der Waals surface area contributed by atoms with Crippen molar-refractivity contribution in [3.05, 3.63) is 70.8 Å². The maximum Gasteiger partial charge on any atom is 0.310 e. The van der Waals surface area contributed by atoms with E-state index >= 15 is 0 Å². The van der Waals surface area contributed by atoms with E-state index in [9.17, 15) is 4.79 Å². The molecule has 722 valence electrons. The molecular formula is C18H20O4S101. The summed E-state index contributed by atoms with van der Waals surface area (Å²) in [5, 5.41) is 17.5. The van der Waals surface area contributed by atoms with Gasteiger partial charge in [0.1, 0.15) is 6.61 Å². The molecule has 0 atom stereocenters. The van der Waals surface area contributed by atoms with Crippen LogP contribution in [0.15, 0.2) is 48.5 Å². The van der Waals surface area contributed by atoms with Crippen LogP contribution in [0.1, 0.15) is 22.3 Å². The molecule has 0 spiro atoms. The highest BCUT2D eigenvalue weighted by atomic mass is 33.6. The van der Waals surface area contributed by atoms with Crippen LogP contribution in [0.3, 0.4) is 0 Å². The minimum absolute atomic E-state index is 0.0518. The Morgan fingerprint density at radius 2 is 0.341 bits per heavy atom. The molecule has 4 nitrogen and oxygen atoms in total. The lowest BCUT2D eigenvalue weighted by molar-refractivity contribution is -0.145. The highest BCUT2D eigenvalue weighted by Gasteiger charge is 2.14. The molecule has 105 heteroatoms. The number of hydrogen-bond acceptors (Lipinski definition) is 8. The Bertz CT molecular complexity index is 8660. The van der Waals surface area contributed by atoms with Crippen LogP contribution in [-0.4, -0.2) is 22.8 Å². The quantitative estimate of drug-likeness (QED) is 0.452. The molecule has 0 aliphatic carbocycles. The van der Waals surface area contributed by atoms with Gasteiger partial charge in [0.05, 0.1) is 13.0 Å². The van der Waals surface area contributed by atoms with Gasteiger partial charge in [0.15, 0.2) is 0 Å². The third-order valence-corrected chi connectivity index (χ3v) is 217. The van der Waals surface area contributed by atoms with Gasteiger partial charge < -0.3 is 14.9 Å². The summed E-state index contributed by atoms with van der Waals surface area (Å²) >= 11 is 19.2. The van der Waals surface area contributed by atoms with Crippen LogP contribution in [0.2, 0.25) is 0 Å². The normalized spacial score (nSPS) is 8.65. The monoisotopic (exact) mass is 3530 g/mol. The lowest BCUT2D eigenvalue weighted by atomic mass is 10.0. The van der Waals surface area contributed by atoms with Crippen molar-refractivity contribution in [3.63, 3.8) is 0 Å². The predicted molar refractivity (Wildman–Crippen MR) is 827 cm³/mol. The van der Waals surface area contributed by atoms with Crippen molar-refractivity contribution in [2.75, 3.05) is 6.61 Å². The number of fused-ring (bicyclic) bond motifs is 1. The molecule has 3 rings (SSSR count). The third kappa shape index (κ3) is 122. The fourth-order valence-electron chi connectivity index (χ4n) is 3.37. The molecule has 0 amide bonds. The number of carbonyl (C=O) groups is 1. The Morgan fingerprint density at radius 3 is 0.488 bits per heavy atom. The Hall–Kier alpha value is 20.1. The van der Waals surface area contributed by atoms with Gasteiger partial charge >= 0.3 is 5.97 Å². The number of benzene rings is 2. The summed E-state index contributed by atoms with van der Waals surface area (Å²) in [6, 6.07) is 15.4. The van der Waals surface area contributed by atoms with E-state index in [1.807, 2.05) is 661 Å². The van der Waals surface area contributed by atoms with Crippen molar-refractivity contribution >= 4 is 912 Å². The maximum absolute atomic E-state index is 10.8. The Morgan fingerprint density at radius 1 is 0.203 bits per heavy atom. The van der Waals surface area contributed by atoms with Gasteiger partial charge in [-0.2, -0.15) is 0 Å². The van der Waals surface area contributed by atoms with Gasteiger partial charge in [0.25, 0.3) is 0 Å². The molecular weight excluding hydrogens is 3520 g/mol. The number of aliphatic hydroxyl groups is 2. The molecule has 2 aromatic carbocycles. The summed E-state index contributed by atoms with van der Waals surface area (Å²) in [7, 11) is 173. The Balaban J connectivity index is 0.00000192. The number of ether oxygens (including phenoxy) is 1. The second-order valence-electron chi connectivity index (χ2n) is 11.6. The minimum Gasteiger partial charge on any atom is -0.461 e. The molecule has 1 aliphatic heterocycles. The van der Waals surface area contributed by atoms with Crippen LogP contribution < -0.4 is 0 Å². The molecule has 0 aromatic heterocycles. The highest BCUT2D eigenvalue weighted by molar-refractivity contribution is 8.87. The van der Waals surface area contributed by atoms with E-state index in [2.05, 4.69) is 0 Å². The minimum atomic E-state index is -0.122. The molecule has 0 bridgehead atoms. The molecule has 2 N–H and O–H groups in total. The van der Waals surface area contributed by atoms with Gasteiger partial charge in [-0.25, -0.2) is 0 Å². The van der Waals surface area contributed by atoms with Crippen molar-refractivity contribution in [1.82, 2.24) is 0 Å². The van der Waals surface area contributed by atoms with Crippen LogP contribution in [0.25, 0.3) is 0 Å². The number of rotatable bonds is 3. The van der Waals surface area contributed by atoms with Crippen molar-refractivity contribution in [3.8, 4) is 0 Å². The van der Waals surface area contributed by atoms with E-state index in [1.165, 1.54) is 35.5 Å². The van der Waals surface area contributed by atoms with E-state index in [0.717, 1.165) is 22.3 Å². The molecule has 1 heterocycles. The average Bonchev–Trinajstić information content (AvgIpc) is 0.861. The van der Waals surface area contributed by atoms with Gasteiger partial charge in [-0.1, -0.05) is 48.5 Å². The van der Waals surface area contributed by atoms with Crippen LogP contribution in [0.4, 0.5) is 0 Å². The molecule has 0 unspecified atom stereocenters. The SMILES string of the molecule is O=C1Cc2ccccc2CO1.OCCc1ccccc1CO.S=S=S=S=S=S=S=S=S=S=S=S=S=S=S=S=S=S=S=S=S=S=S=S=S=S=S=S=S=S=S=S=S=S=S=S=S=S=S=S=S=S=S=S=S=S=S=S=S=S.S=S=S=S=S=S=S=S=S=S=S=S=S=S=S=S=S=S=S=S=S=S=S=S=S=S=S=S=S=S=S=S=S=S=S=S=S=S=S=S=S=S=S=S=S=S=S=S=S=S=S. The second-order valence-corrected chi connectivity index (χ2v) is 183. The van der Waals surface area contributed by atoms with Gasteiger partial charge in [0.2, 0.25) is 0 Å². The van der Waals surface area contributed by atoms with Crippen molar-refractivity contribution in [2.45, 2.75) is 26.1 Å². The van der Waals surface area contributed by atoms with Gasteiger partial charge in [-0.05, 0) is 28.7 Å². The zero-order chi connectivity index (χ0) is 88.4. The summed E-state index contributed by atoms with van der Waals surface area (Å²) in [4.78, 5) is 10.8. The summed E-state index contributed by atoms with van der Waals surface area (Å²) in [6.07, 6.45) is 1.05. The zero-order valence-corrected chi connectivity index (χ0v) is 136. The summed E-state index contributed by atoms with van der Waals surface area (Å²) < 4.78 is 4.87. The summed E-state index contributed by atoms with van der Waals surface area (Å²) in [5.74, 6) is -0.122. The Kier molecular flexibility index (Phi) is 154. The molecule has 123 heavy (non-hydrogen) atoms. The highest BCUT2D eigenvalue weighted by Crippen LogP contribution is 2.16. The molecule has 2 aromatic rings. The van der Waals surface area contributed by atoms with Crippen molar-refractivity contribution < 1.29 is 19.7 Å². The van der Waals surface area contributed by atoms with Crippen LogP contribution in [0, 0.1) is 0 Å². The summed E-state index contributed by atoms with van der Waals surface area (Å²) in [6.45, 7) is 0.627. The van der Waals surface area contributed by atoms with Crippen LogP contribution in [-0.2, 0) is 942 Å². The fraction of sp³-hybridized carbons (Fsp3) is 0.278. The summed E-state index contributed by atoms with van der Waals surface area (Å²) in [5.41, 5.74) is 4.16. The third-order valence-electron chi connectivity index (χ3n) is 6.15. The van der Waals surface area contributed by atoms with E-state index in [4.69, 9.17) is 59.7 Å². The standard InChI is InChI=1S/C9H8O2.C9H12O2.S51.S50/c10-9-5-7-3-1-2-4-8(7)6-11-9;10-6-5-8-3-1-2-4-9(8)7-11;1-3-5-7-9-11-13-15-17-19-21-23-25-27-29-31-33-35-37-39-41-43-45-47-49-51-50-48-46-44-42-40-38-36-34-32-30-28-26-24-22-20-18-16-14-12-10-8-6-4-2;1-3-5-7-9-11-13-15-17-19-21-23-25-27-29-31-33-35-37-39-41-43-45-47-49-50-48-46-44-42-40-38-36-34-32-30-28-26-24-22-20-18-16-14-12-10-8-6-4-2/h1-4H,5-6H2;1-4,10-11H,5-7H2;;. The molecule has 1 aliphatic rings. The first-order valence-corrected chi connectivity index (χ1v) is 156. The predicted octanol–water partition coefficient (Wildman–Crippen LogP) is 1.76. The number of aliphatic hydroxyl groups excluding tert-OH is 2. The molecule has 0 radical (unpaired) electrons. The maximum atomic E-state index is 10.8. The first-order chi connectivity index (χ1) is 61.1. The molecule has 0 saturated heterocycles. The second kappa shape index (κ2) is 132. The topological polar surface area (TPSA) is 66.8 Å². The number of carbonyl (C=O) groups excluding carboxylic acids is 1. The van der Waals surface area contributed by atoms with E-state index in [0.29, 0.717) is 19.4 Å². The smallest absolute Gasteiger partial charge is 0.310 e. The van der Waals surface area contributed by atoms with Gasteiger partial charge in [-0.15, -0.1) is 0 Å². The average molecular weight is 3540 g/mol. The zero-order valence-electron chi connectivity index (χ0n) is 53.6. The number of cyclic esters (lactones) is 1. The van der Waals surface area contributed by atoms with Crippen LogP contribution >= 0.6 is 0 Å². The Labute approximate surface area is 1010 Å². The van der Waals surface area contributed by atoms with Gasteiger partial charge in [-0.3, -0.25) is 4.79 Å². The molecule has 0 saturated carbocycles. The van der Waals surface area contributed by atoms with Gasteiger partial charge in [0, 0.05) is 913 Å². The number of esters is 1. The number of hydrogen-bond donors (Lipinski definition) is 2. The van der Waals surface area contributed by atoms with Crippen LogP contribution in [0.5, 0.6) is 0 Å². The van der Waals surface area contributed by atoms with Crippen molar-refractivity contribution in [1.29, 1.82) is 0 Å². The molecule has 0 fully saturated rings. The first kappa shape index (κ1) is 143. The van der Waals surface area contributed by atoms with E-state index in [-0.39, 0.29) is 19.2 Å². The first-order valence-electron chi connectivity index (χ1n) is 23.8.